The molecular formula is C15H14N4. The Balaban J connectivity index is 2.15. The van der Waals surface area contributed by atoms with Crippen molar-refractivity contribution in [3.8, 4) is 0 Å². The van der Waals surface area contributed by atoms with E-state index in [2.05, 4.69) is 39.8 Å². The van der Waals surface area contributed by atoms with Gasteiger partial charge in [-0.15, -0.1) is 5.10 Å². The minimum Gasteiger partial charge on any atom is -0.232 e. The molecule has 0 aliphatic carbocycles. The molecule has 2 aromatic carbocycles. The van der Waals surface area contributed by atoms with Gasteiger partial charge in [0.05, 0.1) is 5.92 Å². The SMILES string of the molecule is Cn1nnnc1C(c1ccccc1)c1ccccc1. The predicted molar refractivity (Wildman–Crippen MR) is 72.6 cm³/mol. The molecule has 0 radical (unpaired) electrons. The average Bonchev–Trinajstić information content (AvgIpc) is 2.88. The van der Waals surface area contributed by atoms with Crippen LogP contribution in [0.2, 0.25) is 0 Å². The second-order valence-corrected chi connectivity index (χ2v) is 4.42. The van der Waals surface area contributed by atoms with Gasteiger partial charge in [-0.05, 0) is 21.6 Å². The Morgan fingerprint density at radius 3 is 1.79 bits per heavy atom. The third-order valence-corrected chi connectivity index (χ3v) is 3.18. The van der Waals surface area contributed by atoms with Gasteiger partial charge >= 0.3 is 0 Å². The monoisotopic (exact) mass is 250 g/mol. The maximum absolute atomic E-state index is 4.17. The van der Waals surface area contributed by atoms with Gasteiger partial charge in [-0.25, -0.2) is 4.68 Å². The van der Waals surface area contributed by atoms with Crippen LogP contribution in [0.3, 0.4) is 0 Å². The fraction of sp³-hybridized carbons (Fsp3) is 0.133. The number of rotatable bonds is 3. The number of nitrogens with zero attached hydrogens (tertiary/aromatic N) is 4. The van der Waals surface area contributed by atoms with E-state index < -0.39 is 0 Å². The van der Waals surface area contributed by atoms with Gasteiger partial charge in [-0.2, -0.15) is 0 Å². The molecule has 0 bridgehead atoms. The summed E-state index contributed by atoms with van der Waals surface area (Å²) in [4.78, 5) is 0. The Bertz CT molecular complexity index is 607. The zero-order valence-corrected chi connectivity index (χ0v) is 10.6. The van der Waals surface area contributed by atoms with Gasteiger partial charge in [0.25, 0.3) is 0 Å². The lowest BCUT2D eigenvalue weighted by Crippen LogP contribution is -2.10. The van der Waals surface area contributed by atoms with Crippen LogP contribution in [0, 0.1) is 0 Å². The molecule has 3 aromatic rings. The Morgan fingerprint density at radius 2 is 1.37 bits per heavy atom. The second-order valence-electron chi connectivity index (χ2n) is 4.42. The largest absolute Gasteiger partial charge is 0.232 e. The lowest BCUT2D eigenvalue weighted by atomic mass is 9.90. The highest BCUT2D eigenvalue weighted by Gasteiger charge is 2.21. The highest BCUT2D eigenvalue weighted by atomic mass is 15.5. The van der Waals surface area contributed by atoms with Gasteiger partial charge in [0.1, 0.15) is 0 Å². The molecule has 1 aromatic heterocycles. The highest BCUT2D eigenvalue weighted by molar-refractivity contribution is 5.37. The first-order valence-electron chi connectivity index (χ1n) is 6.18. The van der Waals surface area contributed by atoms with E-state index in [0.29, 0.717) is 0 Å². The molecule has 0 saturated carbocycles. The molecule has 4 nitrogen and oxygen atoms in total. The summed E-state index contributed by atoms with van der Waals surface area (Å²) in [5.41, 5.74) is 2.37. The van der Waals surface area contributed by atoms with Gasteiger partial charge in [0.2, 0.25) is 0 Å². The summed E-state index contributed by atoms with van der Waals surface area (Å²) in [6.45, 7) is 0. The van der Waals surface area contributed by atoms with Crippen LogP contribution in [0.5, 0.6) is 0 Å². The molecule has 4 heteroatoms. The van der Waals surface area contributed by atoms with E-state index in [1.165, 1.54) is 11.1 Å². The Hall–Kier alpha value is -2.49. The first kappa shape index (κ1) is 11.6. The molecule has 0 amide bonds. The minimum absolute atomic E-state index is 0.0578. The maximum atomic E-state index is 4.17. The van der Waals surface area contributed by atoms with Crippen molar-refractivity contribution < 1.29 is 0 Å². The quantitative estimate of drug-likeness (QED) is 0.717. The number of hydrogen-bond donors (Lipinski definition) is 0. The van der Waals surface area contributed by atoms with Crippen molar-refractivity contribution in [3.63, 3.8) is 0 Å². The second kappa shape index (κ2) is 5.02. The fourth-order valence-electron chi connectivity index (χ4n) is 2.26. The van der Waals surface area contributed by atoms with Crippen LogP contribution in [-0.2, 0) is 7.05 Å². The first-order valence-corrected chi connectivity index (χ1v) is 6.18. The topological polar surface area (TPSA) is 43.6 Å². The zero-order chi connectivity index (χ0) is 13.1. The third-order valence-electron chi connectivity index (χ3n) is 3.18. The van der Waals surface area contributed by atoms with Crippen LogP contribution < -0.4 is 0 Å². The van der Waals surface area contributed by atoms with Gasteiger partial charge in [-0.3, -0.25) is 0 Å². The van der Waals surface area contributed by atoms with Gasteiger partial charge in [0, 0.05) is 7.05 Å². The van der Waals surface area contributed by atoms with E-state index in [1.54, 1.807) is 4.68 Å². The van der Waals surface area contributed by atoms with Crippen molar-refractivity contribution in [3.05, 3.63) is 77.6 Å². The normalized spacial score (nSPS) is 10.8. The van der Waals surface area contributed by atoms with Crippen LogP contribution in [0.1, 0.15) is 22.9 Å². The summed E-state index contributed by atoms with van der Waals surface area (Å²) in [7, 11) is 1.87. The molecule has 1 heterocycles. The molecular weight excluding hydrogens is 236 g/mol. The van der Waals surface area contributed by atoms with Crippen molar-refractivity contribution in [1.82, 2.24) is 20.2 Å². The number of hydrogen-bond acceptors (Lipinski definition) is 3. The van der Waals surface area contributed by atoms with Crippen molar-refractivity contribution >= 4 is 0 Å². The molecule has 0 fully saturated rings. The van der Waals surface area contributed by atoms with E-state index in [-0.39, 0.29) is 5.92 Å². The van der Waals surface area contributed by atoms with E-state index in [0.717, 1.165) is 5.82 Å². The van der Waals surface area contributed by atoms with Gasteiger partial charge in [-0.1, -0.05) is 60.7 Å². The smallest absolute Gasteiger partial charge is 0.162 e. The number of aromatic nitrogens is 4. The van der Waals surface area contributed by atoms with Crippen molar-refractivity contribution in [2.24, 2.45) is 7.05 Å². The summed E-state index contributed by atoms with van der Waals surface area (Å²) in [6, 6.07) is 20.6. The molecule has 0 saturated heterocycles. The predicted octanol–water partition coefficient (Wildman–Crippen LogP) is 2.39. The van der Waals surface area contributed by atoms with Gasteiger partial charge < -0.3 is 0 Å². The average molecular weight is 250 g/mol. The maximum Gasteiger partial charge on any atom is 0.162 e. The molecule has 0 aliphatic rings. The molecule has 94 valence electrons. The summed E-state index contributed by atoms with van der Waals surface area (Å²) >= 11 is 0. The van der Waals surface area contributed by atoms with Crippen molar-refractivity contribution in [1.29, 1.82) is 0 Å². The molecule has 19 heavy (non-hydrogen) atoms. The van der Waals surface area contributed by atoms with E-state index in [1.807, 2.05) is 43.4 Å². The van der Waals surface area contributed by atoms with Crippen LogP contribution in [-0.4, -0.2) is 20.2 Å². The van der Waals surface area contributed by atoms with E-state index >= 15 is 0 Å². The van der Waals surface area contributed by atoms with E-state index in [9.17, 15) is 0 Å². The Kier molecular flexibility index (Phi) is 3.06. The summed E-state index contributed by atoms with van der Waals surface area (Å²) in [6.07, 6.45) is 0. The molecule has 0 unspecified atom stereocenters. The highest BCUT2D eigenvalue weighted by Crippen LogP contribution is 2.29. The summed E-state index contributed by atoms with van der Waals surface area (Å²) < 4.78 is 1.73. The number of tetrazole rings is 1. The lowest BCUT2D eigenvalue weighted by molar-refractivity contribution is 0.668. The summed E-state index contributed by atoms with van der Waals surface area (Å²) in [5, 5.41) is 11.9. The van der Waals surface area contributed by atoms with Crippen LogP contribution in [0.25, 0.3) is 0 Å². The third kappa shape index (κ3) is 2.25. The van der Waals surface area contributed by atoms with Crippen molar-refractivity contribution in [2.75, 3.05) is 0 Å². The standard InChI is InChI=1S/C15H14N4/c1-19-15(16-17-18-19)14(12-8-4-2-5-9-12)13-10-6-3-7-11-13/h2-11,14H,1H3. The Morgan fingerprint density at radius 1 is 0.842 bits per heavy atom. The zero-order valence-electron chi connectivity index (χ0n) is 10.6. The minimum atomic E-state index is 0.0578. The number of aryl methyl sites for hydroxylation is 1. The van der Waals surface area contributed by atoms with Crippen LogP contribution in [0.15, 0.2) is 60.7 Å². The lowest BCUT2D eigenvalue weighted by Gasteiger charge is -2.16. The molecule has 0 N–H and O–H groups in total. The summed E-state index contributed by atoms with van der Waals surface area (Å²) in [5.74, 6) is 0.903. The first-order chi connectivity index (χ1) is 9.36. The number of benzene rings is 2. The van der Waals surface area contributed by atoms with Crippen molar-refractivity contribution in [2.45, 2.75) is 5.92 Å². The van der Waals surface area contributed by atoms with Crippen LogP contribution in [0.4, 0.5) is 0 Å². The molecule has 3 rings (SSSR count). The Labute approximate surface area is 111 Å². The van der Waals surface area contributed by atoms with E-state index in [4.69, 9.17) is 0 Å². The van der Waals surface area contributed by atoms with Crippen LogP contribution >= 0.6 is 0 Å². The fourth-order valence-corrected chi connectivity index (χ4v) is 2.26. The molecule has 0 spiro atoms. The molecule has 0 aliphatic heterocycles. The van der Waals surface area contributed by atoms with Gasteiger partial charge in [0.15, 0.2) is 5.82 Å². The molecule has 0 atom stereocenters.